The van der Waals surface area contributed by atoms with Crippen LogP contribution in [-0.2, 0) is 76.8 Å². The van der Waals surface area contributed by atoms with Crippen LogP contribution in [0.5, 0.6) is 0 Å². The summed E-state index contributed by atoms with van der Waals surface area (Å²) in [6, 6.07) is 33.0. The van der Waals surface area contributed by atoms with Gasteiger partial charge in [-0.25, -0.2) is 0 Å². The Hall–Kier alpha value is -5.52. The number of carbonyl (C=O) groups is 5. The first-order valence-corrected chi connectivity index (χ1v) is 20.9. The van der Waals surface area contributed by atoms with Gasteiger partial charge in [0.05, 0.1) is 37.6 Å². The van der Waals surface area contributed by atoms with Crippen molar-refractivity contribution in [3.63, 3.8) is 0 Å². The lowest BCUT2D eigenvalue weighted by Crippen LogP contribution is -2.69. The number of fused-ring (bicyclic) bond motifs is 1. The first kappa shape index (κ1) is 45.5. The van der Waals surface area contributed by atoms with Gasteiger partial charge in [0, 0.05) is 20.8 Å². The highest BCUT2D eigenvalue weighted by Crippen LogP contribution is 2.39. The van der Waals surface area contributed by atoms with Crippen molar-refractivity contribution >= 4 is 41.3 Å². The van der Waals surface area contributed by atoms with Gasteiger partial charge < -0.3 is 42.6 Å². The van der Waals surface area contributed by atoms with Crippen LogP contribution in [0.2, 0.25) is 0 Å². The van der Waals surface area contributed by atoms with Crippen molar-refractivity contribution < 1.29 is 66.6 Å². The zero-order valence-corrected chi connectivity index (χ0v) is 35.6. The Morgan fingerprint density at radius 3 is 1.56 bits per heavy atom. The highest BCUT2D eigenvalue weighted by Gasteiger charge is 2.59. The number of benzene rings is 4. The average Bonchev–Trinajstić information content (AvgIpc) is 3.52. The van der Waals surface area contributed by atoms with Gasteiger partial charge in [-0.1, -0.05) is 115 Å². The van der Waals surface area contributed by atoms with E-state index in [4.69, 9.17) is 54.2 Å². The molecule has 3 aliphatic rings. The summed E-state index contributed by atoms with van der Waals surface area (Å²) in [5.41, 5.74) is 1.42. The lowest BCUT2D eigenvalue weighted by molar-refractivity contribution is -0.329. The first-order chi connectivity index (χ1) is 30.5. The van der Waals surface area contributed by atoms with Gasteiger partial charge in [-0.3, -0.25) is 28.9 Å². The summed E-state index contributed by atoms with van der Waals surface area (Å²) in [7, 11) is 0. The maximum Gasteiger partial charge on any atom is 0.303 e. The molecule has 2 amide bonds. The number of esters is 3. The second kappa shape index (κ2) is 21.2. The number of rotatable bonds is 17. The molecule has 0 radical (unpaired) electrons. The van der Waals surface area contributed by atoms with E-state index in [1.807, 2.05) is 91.0 Å². The van der Waals surface area contributed by atoms with Crippen LogP contribution >= 0.6 is 11.6 Å². The standard InChI is InChI=1S/C47H48ClNO14/c1-28(50)56-27-37-40(59-29(2)51)41(60-30(3)52)38(49-45(53)34-21-13-14-22-35(34)46(49)54)47(62-37)63-43-42(58-25-33-19-11-6-12-20-33)39(57-24-32-17-9-5-10-18-32)36(61-44(43)48)26-55-23-31-15-7-4-8-16-31/h4-22,36-44,47H,23-27H2,1-3H3/t36-,37-,38-,39-,40-,41-,42+,43+,44+,47+/m1/s1. The van der Waals surface area contributed by atoms with Crippen molar-refractivity contribution in [2.45, 2.75) is 101 Å². The van der Waals surface area contributed by atoms with Crippen molar-refractivity contribution in [2.75, 3.05) is 13.2 Å². The van der Waals surface area contributed by atoms with Gasteiger partial charge in [0.25, 0.3) is 11.8 Å². The van der Waals surface area contributed by atoms with Gasteiger partial charge in [0.1, 0.15) is 43.2 Å². The number of amides is 2. The fourth-order valence-electron chi connectivity index (χ4n) is 7.84. The average molecular weight is 886 g/mol. The normalized spacial score (nSPS) is 26.8. The predicted octanol–water partition coefficient (Wildman–Crippen LogP) is 5.54. The molecule has 63 heavy (non-hydrogen) atoms. The zero-order chi connectivity index (χ0) is 44.5. The molecule has 7 rings (SSSR count). The number of nitrogens with zero attached hydrogens (tertiary/aromatic N) is 1. The molecule has 15 nitrogen and oxygen atoms in total. The highest BCUT2D eigenvalue weighted by molar-refractivity contribution is 6.21. The molecule has 4 aromatic carbocycles. The number of alkyl halides is 1. The van der Waals surface area contributed by atoms with E-state index in [1.165, 1.54) is 19.1 Å². The summed E-state index contributed by atoms with van der Waals surface area (Å²) in [5, 5.41) is 0. The summed E-state index contributed by atoms with van der Waals surface area (Å²) < 4.78 is 56.2. The summed E-state index contributed by atoms with van der Waals surface area (Å²) in [6.07, 6.45) is -10.3. The van der Waals surface area contributed by atoms with Crippen molar-refractivity contribution in [3.8, 4) is 0 Å². The Labute approximate surface area is 369 Å². The summed E-state index contributed by atoms with van der Waals surface area (Å²) in [6.45, 7) is 3.36. The van der Waals surface area contributed by atoms with Crippen molar-refractivity contribution in [1.29, 1.82) is 0 Å². The Kier molecular flexibility index (Phi) is 15.3. The number of halogens is 1. The minimum Gasteiger partial charge on any atom is -0.463 e. The minimum absolute atomic E-state index is 0.0239. The first-order valence-electron chi connectivity index (χ1n) is 20.5. The van der Waals surface area contributed by atoms with E-state index in [9.17, 15) is 24.0 Å². The van der Waals surface area contributed by atoms with Crippen LogP contribution in [0.15, 0.2) is 115 Å². The lowest BCUT2D eigenvalue weighted by atomic mass is 9.94. The van der Waals surface area contributed by atoms with Gasteiger partial charge >= 0.3 is 17.9 Å². The summed E-state index contributed by atoms with van der Waals surface area (Å²) in [4.78, 5) is 67.1. The van der Waals surface area contributed by atoms with Crippen LogP contribution < -0.4 is 0 Å². The monoisotopic (exact) mass is 885 g/mol. The third kappa shape index (κ3) is 11.2. The maximum atomic E-state index is 14.3. The molecule has 16 heteroatoms. The summed E-state index contributed by atoms with van der Waals surface area (Å²) >= 11 is 7.18. The topological polar surface area (TPSA) is 172 Å². The zero-order valence-electron chi connectivity index (χ0n) is 34.8. The van der Waals surface area contributed by atoms with E-state index < -0.39 is 97.0 Å². The van der Waals surface area contributed by atoms with Gasteiger partial charge in [-0.15, -0.1) is 0 Å². The van der Waals surface area contributed by atoms with Gasteiger partial charge in [-0.05, 0) is 28.8 Å². The molecule has 0 bridgehead atoms. The molecule has 0 aliphatic carbocycles. The van der Waals surface area contributed by atoms with E-state index in [-0.39, 0.29) is 37.6 Å². The molecule has 0 unspecified atom stereocenters. The predicted molar refractivity (Wildman–Crippen MR) is 223 cm³/mol. The smallest absolute Gasteiger partial charge is 0.303 e. The third-order valence-electron chi connectivity index (χ3n) is 10.6. The maximum absolute atomic E-state index is 14.3. The molecular weight excluding hydrogens is 838 g/mol. The third-order valence-corrected chi connectivity index (χ3v) is 11.0. The molecule has 2 saturated heterocycles. The van der Waals surface area contributed by atoms with E-state index >= 15 is 0 Å². The van der Waals surface area contributed by atoms with Gasteiger partial charge in [0.2, 0.25) is 0 Å². The molecule has 0 saturated carbocycles. The highest BCUT2D eigenvalue weighted by atomic mass is 35.5. The molecule has 0 N–H and O–H groups in total. The molecule has 0 aromatic heterocycles. The van der Waals surface area contributed by atoms with Crippen molar-refractivity contribution in [1.82, 2.24) is 4.90 Å². The van der Waals surface area contributed by atoms with Crippen LogP contribution in [0.3, 0.4) is 0 Å². The minimum atomic E-state index is -1.71. The van der Waals surface area contributed by atoms with Crippen LogP contribution in [-0.4, -0.2) is 108 Å². The number of imide groups is 1. The second-order valence-corrected chi connectivity index (χ2v) is 15.6. The molecule has 332 valence electrons. The number of carbonyl (C=O) groups excluding carboxylic acids is 5. The van der Waals surface area contributed by atoms with E-state index in [0.717, 1.165) is 35.4 Å². The SMILES string of the molecule is CC(=O)OC[C@H]1O[C@@H](O[C@H]2[C@@H](OCc3ccccc3)[C@H](OCc3ccccc3)[C@@H](COCc3ccccc3)O[C@@H]2Cl)[C@H](N2C(=O)c3ccccc3C2=O)[C@@H](OC(C)=O)[C@@H]1OC(C)=O. The fraction of sp³-hybridized carbons (Fsp3) is 0.383. The van der Waals surface area contributed by atoms with E-state index in [2.05, 4.69) is 0 Å². The van der Waals surface area contributed by atoms with Gasteiger partial charge in [-0.2, -0.15) is 0 Å². The Bertz CT molecular complexity index is 2160. The molecule has 3 heterocycles. The Morgan fingerprint density at radius 1 is 0.556 bits per heavy atom. The Balaban J connectivity index is 1.29. The molecule has 0 spiro atoms. The quantitative estimate of drug-likeness (QED) is 0.0560. The molecule has 10 atom stereocenters. The molecule has 4 aromatic rings. The van der Waals surface area contributed by atoms with E-state index in [0.29, 0.717) is 0 Å². The van der Waals surface area contributed by atoms with Crippen molar-refractivity contribution in [2.24, 2.45) is 0 Å². The summed E-state index contributed by atoms with van der Waals surface area (Å²) in [5.74, 6) is -3.87. The van der Waals surface area contributed by atoms with Gasteiger partial charge in [0.15, 0.2) is 24.1 Å². The second-order valence-electron chi connectivity index (χ2n) is 15.2. The number of ether oxygens (including phenoxy) is 9. The largest absolute Gasteiger partial charge is 0.463 e. The molecular formula is C47H48ClNO14. The van der Waals surface area contributed by atoms with Crippen molar-refractivity contribution in [3.05, 3.63) is 143 Å². The Morgan fingerprint density at radius 2 is 1.03 bits per heavy atom. The molecule has 2 fully saturated rings. The van der Waals surface area contributed by atoms with E-state index in [1.54, 1.807) is 12.1 Å². The number of hydrogen-bond acceptors (Lipinski definition) is 14. The van der Waals surface area contributed by atoms with Crippen LogP contribution in [0, 0.1) is 0 Å². The van der Waals surface area contributed by atoms with Crippen LogP contribution in [0.4, 0.5) is 0 Å². The molecule has 3 aliphatic heterocycles. The lowest BCUT2D eigenvalue weighted by Gasteiger charge is -2.50. The number of hydrogen-bond donors (Lipinski definition) is 0. The fourth-order valence-corrected chi connectivity index (χ4v) is 8.17. The van der Waals surface area contributed by atoms with Crippen LogP contribution in [0.25, 0.3) is 0 Å². The van der Waals surface area contributed by atoms with Crippen LogP contribution in [0.1, 0.15) is 58.2 Å².